The van der Waals surface area contributed by atoms with Crippen molar-refractivity contribution in [2.45, 2.75) is 59.9 Å². The van der Waals surface area contributed by atoms with E-state index in [1.165, 1.54) is 36.8 Å². The number of ketones is 1. The van der Waals surface area contributed by atoms with Crippen molar-refractivity contribution in [2.24, 2.45) is 10.4 Å². The van der Waals surface area contributed by atoms with Gasteiger partial charge in [-0.05, 0) is 55.9 Å². The second-order valence-corrected chi connectivity index (χ2v) is 8.98. The predicted molar refractivity (Wildman–Crippen MR) is 123 cm³/mol. The normalized spacial score (nSPS) is 17.0. The number of aliphatic hydroxyl groups is 1. The minimum atomic E-state index is -0.104. The fraction of sp³-hybridized carbons (Fsp3) is 0.385. The van der Waals surface area contributed by atoms with Crippen molar-refractivity contribution in [1.29, 1.82) is 0 Å². The van der Waals surface area contributed by atoms with Crippen LogP contribution in [0.2, 0.25) is 0 Å². The molecule has 163 valence electrons. The third-order valence-electron chi connectivity index (χ3n) is 4.81. The second kappa shape index (κ2) is 10.8. The van der Waals surface area contributed by atoms with Crippen molar-refractivity contribution in [3.8, 4) is 0 Å². The summed E-state index contributed by atoms with van der Waals surface area (Å²) in [4.78, 5) is 13.6. The average Bonchev–Trinajstić information content (AvgIpc) is 2.60. The summed E-state index contributed by atoms with van der Waals surface area (Å²) in [6.07, 6.45) is 3.27. The fourth-order valence-electron chi connectivity index (χ4n) is 3.69. The zero-order valence-electron chi connectivity index (χ0n) is 18.8. The van der Waals surface area contributed by atoms with Crippen molar-refractivity contribution >= 4 is 11.5 Å². The van der Waals surface area contributed by atoms with Gasteiger partial charge < -0.3 is 10.1 Å². The Kier molecular flexibility index (Phi) is 9.39. The van der Waals surface area contributed by atoms with E-state index in [4.69, 9.17) is 14.9 Å². The molecule has 0 bridgehead atoms. The molecule has 1 heterocycles. The molecule has 2 N–H and O–H groups in total. The maximum Gasteiger partial charge on any atom is 0.316 e. The number of rotatable bonds is 2. The van der Waals surface area contributed by atoms with E-state index in [1.807, 2.05) is 12.1 Å². The van der Waals surface area contributed by atoms with Crippen LogP contribution in [0.15, 0.2) is 65.4 Å². The van der Waals surface area contributed by atoms with E-state index in [9.17, 15) is 0 Å². The molecule has 30 heavy (non-hydrogen) atoms. The minimum absolute atomic E-state index is 0. The molecule has 3 rings (SSSR count). The summed E-state index contributed by atoms with van der Waals surface area (Å²) in [5.74, 6) is 0.250. The number of carbonyl (C=O) groups excluding carboxylic acids is 1. The SMILES string of the molecule is CC(=[OH+])/C=C(/C)O.CC1(C)Cc2ccccc2CC(C)(C)C(c2[c-]cccc2)=N1.[Ir]. The first-order valence-corrected chi connectivity index (χ1v) is 10.0. The van der Waals surface area contributed by atoms with Gasteiger partial charge in [-0.2, -0.15) is 0 Å². The Hall–Kier alpha value is -2.03. The van der Waals surface area contributed by atoms with Crippen LogP contribution in [0, 0.1) is 11.5 Å². The quantitative estimate of drug-likeness (QED) is 0.204. The van der Waals surface area contributed by atoms with E-state index in [1.54, 1.807) is 0 Å². The van der Waals surface area contributed by atoms with Gasteiger partial charge in [-0.15, -0.1) is 35.9 Å². The Morgan fingerprint density at radius 1 is 1.00 bits per heavy atom. The van der Waals surface area contributed by atoms with Crippen LogP contribution in [-0.4, -0.2) is 26.9 Å². The molecule has 0 fully saturated rings. The Labute approximate surface area is 194 Å². The number of nitrogens with zero attached hydrogens (tertiary/aromatic N) is 1. The molecule has 2 aromatic carbocycles. The topological polar surface area (TPSA) is 54.0 Å². The number of hydrogen-bond acceptors (Lipinski definition) is 2. The Balaban J connectivity index is 0.000000489. The van der Waals surface area contributed by atoms with Crippen LogP contribution in [0.1, 0.15) is 58.2 Å². The predicted octanol–water partition coefficient (Wildman–Crippen LogP) is 5.89. The van der Waals surface area contributed by atoms with E-state index >= 15 is 0 Å². The van der Waals surface area contributed by atoms with Crippen LogP contribution in [0.4, 0.5) is 0 Å². The first kappa shape index (κ1) is 26.0. The van der Waals surface area contributed by atoms with Gasteiger partial charge in [0.2, 0.25) is 0 Å². The zero-order valence-corrected chi connectivity index (χ0v) is 21.2. The number of hydrogen-bond donors (Lipinski definition) is 1. The van der Waals surface area contributed by atoms with Crippen LogP contribution >= 0.6 is 0 Å². The van der Waals surface area contributed by atoms with Crippen molar-refractivity contribution in [3.05, 3.63) is 83.1 Å². The van der Waals surface area contributed by atoms with Crippen molar-refractivity contribution in [1.82, 2.24) is 0 Å². The maximum absolute atomic E-state index is 8.40. The molecule has 1 aliphatic rings. The molecule has 0 unspecified atom stereocenters. The molecule has 0 amide bonds. The van der Waals surface area contributed by atoms with Gasteiger partial charge in [0, 0.05) is 25.6 Å². The number of fused-ring (bicyclic) bond motifs is 1. The van der Waals surface area contributed by atoms with Gasteiger partial charge in [-0.25, -0.2) is 0 Å². The molecule has 0 aliphatic carbocycles. The molecule has 1 aliphatic heterocycles. The van der Waals surface area contributed by atoms with E-state index in [2.05, 4.69) is 70.2 Å². The van der Waals surface area contributed by atoms with E-state index < -0.39 is 0 Å². The first-order valence-electron chi connectivity index (χ1n) is 10.0. The van der Waals surface area contributed by atoms with Gasteiger partial charge in [0.25, 0.3) is 0 Å². The van der Waals surface area contributed by atoms with Crippen LogP contribution in [0.25, 0.3) is 0 Å². The number of benzene rings is 2. The van der Waals surface area contributed by atoms with Gasteiger partial charge in [0.05, 0.1) is 18.8 Å². The third kappa shape index (κ3) is 7.66. The zero-order chi connectivity index (χ0) is 21.7. The van der Waals surface area contributed by atoms with Gasteiger partial charge in [-0.1, -0.05) is 38.1 Å². The molecule has 0 saturated carbocycles. The standard InChI is InChI=1S/C21H24N.C5H8O2.Ir/c1-20(2)14-17-12-8-9-13-18(17)15-21(3,4)22-19(20)16-10-6-5-7-11-16;1-4(6)3-5(2)7;/h5-10,12-13H,14-15H2,1-4H3;3,6H,1-2H3;/q-1;;/p+1/b;4-3-;. The molecule has 2 aromatic rings. The van der Waals surface area contributed by atoms with E-state index in [0.29, 0.717) is 0 Å². The summed E-state index contributed by atoms with van der Waals surface area (Å²) < 4.78 is 0. The Morgan fingerprint density at radius 3 is 2.03 bits per heavy atom. The summed E-state index contributed by atoms with van der Waals surface area (Å²) in [7, 11) is 0. The van der Waals surface area contributed by atoms with Crippen LogP contribution in [-0.2, 0) is 32.9 Å². The van der Waals surface area contributed by atoms with Gasteiger partial charge in [0.1, 0.15) is 0 Å². The van der Waals surface area contributed by atoms with Crippen LogP contribution < -0.4 is 0 Å². The summed E-state index contributed by atoms with van der Waals surface area (Å²) >= 11 is 0. The van der Waals surface area contributed by atoms with E-state index in [-0.39, 0.29) is 42.6 Å². The molecule has 1 radical (unpaired) electrons. The first-order chi connectivity index (χ1) is 13.5. The van der Waals surface area contributed by atoms with Crippen molar-refractivity contribution in [2.75, 3.05) is 0 Å². The van der Waals surface area contributed by atoms with Crippen LogP contribution in [0.5, 0.6) is 0 Å². The maximum atomic E-state index is 8.40. The largest absolute Gasteiger partial charge is 0.512 e. The van der Waals surface area contributed by atoms with E-state index in [0.717, 1.165) is 18.4 Å². The number of aliphatic hydroxyl groups excluding tert-OH is 1. The Bertz CT molecular complexity index is 908. The van der Waals surface area contributed by atoms with Crippen molar-refractivity contribution in [3.63, 3.8) is 0 Å². The summed E-state index contributed by atoms with van der Waals surface area (Å²) in [6.45, 7) is 12.1. The monoisotopic (exact) mass is 584 g/mol. The van der Waals surface area contributed by atoms with Gasteiger partial charge >= 0.3 is 5.78 Å². The molecular formula is C26H33IrNO2. The summed E-state index contributed by atoms with van der Waals surface area (Å²) in [6, 6.07) is 20.4. The molecule has 0 spiro atoms. The molecule has 0 saturated heterocycles. The van der Waals surface area contributed by atoms with Crippen LogP contribution in [0.3, 0.4) is 0 Å². The molecule has 4 heteroatoms. The second-order valence-electron chi connectivity index (χ2n) is 8.98. The van der Waals surface area contributed by atoms with Crippen molar-refractivity contribution < 1.29 is 30.0 Å². The number of allylic oxidation sites excluding steroid dienone is 2. The molecule has 3 nitrogen and oxygen atoms in total. The average molecular weight is 584 g/mol. The smallest absolute Gasteiger partial charge is 0.316 e. The van der Waals surface area contributed by atoms with Gasteiger partial charge in [0.15, 0.2) is 0 Å². The third-order valence-corrected chi connectivity index (χ3v) is 4.81. The fourth-order valence-corrected chi connectivity index (χ4v) is 3.69. The minimum Gasteiger partial charge on any atom is -0.512 e. The van der Waals surface area contributed by atoms with Gasteiger partial charge in [-0.3, -0.25) is 4.79 Å². The molecule has 0 aromatic heterocycles. The summed E-state index contributed by atoms with van der Waals surface area (Å²) in [5.41, 5.74) is 5.07. The number of aliphatic imine (C=N–C) groups is 1. The molecular weight excluding hydrogens is 551 g/mol. The Morgan fingerprint density at radius 2 is 1.57 bits per heavy atom. The summed E-state index contributed by atoms with van der Waals surface area (Å²) in [5, 5.41) is 8.40. The molecule has 0 atom stereocenters.